The normalized spacial score (nSPS) is 13.3. The van der Waals surface area contributed by atoms with E-state index in [2.05, 4.69) is 15.7 Å². The number of aromatic nitrogens is 3. The summed E-state index contributed by atoms with van der Waals surface area (Å²) in [5, 5.41) is 11.0. The van der Waals surface area contributed by atoms with Crippen molar-refractivity contribution >= 4 is 28.5 Å². The Morgan fingerprint density at radius 2 is 1.94 bits per heavy atom. The van der Waals surface area contributed by atoms with Crippen molar-refractivity contribution in [1.82, 2.24) is 20.1 Å². The number of pyridine rings is 1. The molecular weight excluding hydrogens is 406 g/mol. The predicted molar refractivity (Wildman–Crippen MR) is 119 cm³/mol. The van der Waals surface area contributed by atoms with E-state index in [9.17, 15) is 9.59 Å². The molecule has 1 aliphatic rings. The third-order valence-corrected chi connectivity index (χ3v) is 5.64. The van der Waals surface area contributed by atoms with Crippen LogP contribution in [0.3, 0.4) is 0 Å². The first-order valence-electron chi connectivity index (χ1n) is 10.6. The Morgan fingerprint density at radius 1 is 1.16 bits per heavy atom. The number of benzene rings is 1. The van der Waals surface area contributed by atoms with E-state index in [1.165, 1.54) is 6.26 Å². The van der Waals surface area contributed by atoms with Crippen molar-refractivity contribution in [2.45, 2.75) is 32.2 Å². The molecule has 8 nitrogen and oxygen atoms in total. The number of fused-ring (bicyclic) bond motifs is 1. The minimum atomic E-state index is -0.309. The number of rotatable bonds is 6. The molecule has 2 N–H and O–H groups in total. The summed E-state index contributed by atoms with van der Waals surface area (Å²) in [7, 11) is 1.85. The highest BCUT2D eigenvalue weighted by Gasteiger charge is 2.28. The molecule has 0 unspecified atom stereocenters. The van der Waals surface area contributed by atoms with Crippen molar-refractivity contribution in [3.8, 4) is 0 Å². The molecule has 3 aromatic heterocycles. The first kappa shape index (κ1) is 20.0. The Balaban J connectivity index is 1.30. The van der Waals surface area contributed by atoms with Crippen molar-refractivity contribution < 1.29 is 14.0 Å². The number of furan rings is 1. The van der Waals surface area contributed by atoms with E-state index in [0.717, 1.165) is 40.8 Å². The summed E-state index contributed by atoms with van der Waals surface area (Å²) >= 11 is 0. The van der Waals surface area contributed by atoms with Crippen molar-refractivity contribution in [1.29, 1.82) is 0 Å². The van der Waals surface area contributed by atoms with Gasteiger partial charge in [0.05, 0.1) is 22.9 Å². The van der Waals surface area contributed by atoms with Crippen LogP contribution in [0.25, 0.3) is 11.0 Å². The first-order valence-corrected chi connectivity index (χ1v) is 10.6. The van der Waals surface area contributed by atoms with E-state index in [1.54, 1.807) is 28.9 Å². The number of hydrogen-bond acceptors (Lipinski definition) is 5. The summed E-state index contributed by atoms with van der Waals surface area (Å²) in [5.41, 5.74) is 4.68. The molecule has 162 valence electrons. The maximum atomic E-state index is 13.1. The Hall–Kier alpha value is -3.94. The quantitative estimate of drug-likeness (QED) is 0.484. The van der Waals surface area contributed by atoms with E-state index in [0.29, 0.717) is 23.7 Å². The van der Waals surface area contributed by atoms with Crippen LogP contribution in [0.15, 0.2) is 53.1 Å². The van der Waals surface area contributed by atoms with Gasteiger partial charge in [-0.1, -0.05) is 12.1 Å². The molecular formula is C24H23N5O3. The highest BCUT2D eigenvalue weighted by Crippen LogP contribution is 2.40. The van der Waals surface area contributed by atoms with Gasteiger partial charge in [0.15, 0.2) is 11.4 Å². The molecule has 4 aromatic rings. The maximum absolute atomic E-state index is 13.1. The number of carbonyl (C=O) groups is 2. The maximum Gasteiger partial charge on any atom is 0.291 e. The lowest BCUT2D eigenvalue weighted by molar-refractivity contribution is 0.0951. The van der Waals surface area contributed by atoms with Crippen LogP contribution in [-0.2, 0) is 13.6 Å². The molecule has 0 spiro atoms. The SMILES string of the molecule is Cc1nn(C)c2nc(C3CC3)cc(C(=O)NCc3ccc(NC(=O)c4ccco4)cc3)c12. The molecule has 0 atom stereocenters. The zero-order valence-corrected chi connectivity index (χ0v) is 17.9. The third kappa shape index (κ3) is 3.87. The van der Waals surface area contributed by atoms with Crippen LogP contribution in [0, 0.1) is 6.92 Å². The van der Waals surface area contributed by atoms with Crippen molar-refractivity contribution in [2.75, 3.05) is 5.32 Å². The molecule has 1 fully saturated rings. The Bertz CT molecular complexity index is 1300. The molecule has 32 heavy (non-hydrogen) atoms. The molecule has 5 rings (SSSR count). The van der Waals surface area contributed by atoms with Gasteiger partial charge in [0, 0.05) is 30.9 Å². The van der Waals surface area contributed by atoms with Crippen LogP contribution in [0.1, 0.15) is 56.6 Å². The molecule has 1 aliphatic carbocycles. The van der Waals surface area contributed by atoms with Crippen LogP contribution in [0.4, 0.5) is 5.69 Å². The largest absolute Gasteiger partial charge is 0.459 e. The minimum Gasteiger partial charge on any atom is -0.459 e. The highest BCUT2D eigenvalue weighted by molar-refractivity contribution is 6.06. The van der Waals surface area contributed by atoms with Gasteiger partial charge in [0.25, 0.3) is 11.8 Å². The second-order valence-electron chi connectivity index (χ2n) is 8.09. The van der Waals surface area contributed by atoms with E-state index in [4.69, 9.17) is 9.40 Å². The summed E-state index contributed by atoms with van der Waals surface area (Å²) < 4.78 is 6.83. The summed E-state index contributed by atoms with van der Waals surface area (Å²) in [5.74, 6) is 0.230. The number of hydrogen-bond donors (Lipinski definition) is 2. The van der Waals surface area contributed by atoms with Crippen molar-refractivity contribution in [2.24, 2.45) is 7.05 Å². The van der Waals surface area contributed by atoms with Gasteiger partial charge in [-0.05, 0) is 55.7 Å². The van der Waals surface area contributed by atoms with Crippen molar-refractivity contribution in [3.63, 3.8) is 0 Å². The predicted octanol–water partition coefficient (Wildman–Crippen LogP) is 3.93. The standard InChI is InChI=1S/C24H23N5O3/c1-14-21-18(12-19(16-7-8-16)27-22(21)29(2)28-14)23(30)25-13-15-5-9-17(10-6-15)26-24(31)20-4-3-11-32-20/h3-6,9-12,16H,7-8,13H2,1-2H3,(H,25,30)(H,26,31). The lowest BCUT2D eigenvalue weighted by Gasteiger charge is -2.10. The fraction of sp³-hybridized carbons (Fsp3) is 0.250. The minimum absolute atomic E-state index is 0.148. The number of nitrogens with zero attached hydrogens (tertiary/aromatic N) is 3. The molecule has 0 radical (unpaired) electrons. The van der Waals surface area contributed by atoms with E-state index in [1.807, 2.05) is 32.2 Å². The van der Waals surface area contributed by atoms with Crippen LogP contribution in [-0.4, -0.2) is 26.6 Å². The van der Waals surface area contributed by atoms with Gasteiger partial charge in [-0.3, -0.25) is 14.3 Å². The number of nitrogens with one attached hydrogen (secondary N) is 2. The fourth-order valence-electron chi connectivity index (χ4n) is 3.82. The Morgan fingerprint density at radius 3 is 2.62 bits per heavy atom. The van der Waals surface area contributed by atoms with Crippen LogP contribution in [0.2, 0.25) is 0 Å². The Labute approximate surface area is 184 Å². The van der Waals surface area contributed by atoms with E-state index in [-0.39, 0.29) is 17.6 Å². The second kappa shape index (κ2) is 7.96. The molecule has 1 aromatic carbocycles. The average molecular weight is 429 g/mol. The van der Waals surface area contributed by atoms with Gasteiger partial charge in [0.2, 0.25) is 0 Å². The summed E-state index contributed by atoms with van der Waals surface area (Å²) in [6, 6.07) is 12.5. The molecule has 3 heterocycles. The molecule has 1 saturated carbocycles. The monoisotopic (exact) mass is 429 g/mol. The lowest BCUT2D eigenvalue weighted by atomic mass is 10.1. The number of aryl methyl sites for hydroxylation is 2. The second-order valence-corrected chi connectivity index (χ2v) is 8.09. The molecule has 0 aliphatic heterocycles. The van der Waals surface area contributed by atoms with E-state index < -0.39 is 0 Å². The molecule has 0 saturated heterocycles. The van der Waals surface area contributed by atoms with Gasteiger partial charge in [-0.25, -0.2) is 4.98 Å². The summed E-state index contributed by atoms with van der Waals surface area (Å²) in [6.45, 7) is 2.26. The first-order chi connectivity index (χ1) is 15.5. The van der Waals surface area contributed by atoms with Crippen molar-refractivity contribution in [3.05, 3.63) is 77.0 Å². The average Bonchev–Trinajstić information content (AvgIpc) is 3.41. The van der Waals surface area contributed by atoms with E-state index >= 15 is 0 Å². The van der Waals surface area contributed by atoms with Gasteiger partial charge in [0.1, 0.15) is 0 Å². The third-order valence-electron chi connectivity index (χ3n) is 5.64. The fourth-order valence-corrected chi connectivity index (χ4v) is 3.82. The Kier molecular flexibility index (Phi) is 4.97. The van der Waals surface area contributed by atoms with Gasteiger partial charge in [-0.15, -0.1) is 0 Å². The zero-order valence-electron chi connectivity index (χ0n) is 17.9. The number of anilines is 1. The highest BCUT2D eigenvalue weighted by atomic mass is 16.3. The van der Waals surface area contributed by atoms with Crippen LogP contribution >= 0.6 is 0 Å². The lowest BCUT2D eigenvalue weighted by Crippen LogP contribution is -2.23. The van der Waals surface area contributed by atoms with Crippen LogP contribution < -0.4 is 10.6 Å². The van der Waals surface area contributed by atoms with Gasteiger partial charge >= 0.3 is 0 Å². The zero-order chi connectivity index (χ0) is 22.2. The number of carbonyl (C=O) groups excluding carboxylic acids is 2. The molecule has 2 amide bonds. The molecule has 8 heteroatoms. The number of amides is 2. The molecule has 0 bridgehead atoms. The van der Waals surface area contributed by atoms with Crippen LogP contribution in [0.5, 0.6) is 0 Å². The summed E-state index contributed by atoms with van der Waals surface area (Å²) in [4.78, 5) is 29.9. The topological polar surface area (TPSA) is 102 Å². The van der Waals surface area contributed by atoms with Gasteiger partial charge < -0.3 is 15.1 Å². The summed E-state index contributed by atoms with van der Waals surface area (Å²) in [6.07, 6.45) is 3.68. The van der Waals surface area contributed by atoms with Gasteiger partial charge in [-0.2, -0.15) is 5.10 Å². The smallest absolute Gasteiger partial charge is 0.291 e.